The Morgan fingerprint density at radius 2 is 1.58 bits per heavy atom. The number of rotatable bonds is 6. The van der Waals surface area contributed by atoms with Crippen molar-refractivity contribution in [3.05, 3.63) is 29.8 Å². The van der Waals surface area contributed by atoms with Crippen LogP contribution in [-0.2, 0) is 14.3 Å². The van der Waals surface area contributed by atoms with Crippen LogP contribution >= 0.6 is 0 Å². The first-order chi connectivity index (χ1) is 15.2. The van der Waals surface area contributed by atoms with E-state index in [9.17, 15) is 4.79 Å². The van der Waals surface area contributed by atoms with Gasteiger partial charge in [-0.15, -0.1) is 0 Å². The molecule has 7 heteroatoms. The predicted molar refractivity (Wildman–Crippen MR) is 127 cm³/mol. The van der Waals surface area contributed by atoms with Gasteiger partial charge in [0.25, 0.3) is 0 Å². The van der Waals surface area contributed by atoms with Crippen LogP contribution in [0.3, 0.4) is 0 Å². The van der Waals surface area contributed by atoms with Gasteiger partial charge in [-0.25, -0.2) is 0 Å². The summed E-state index contributed by atoms with van der Waals surface area (Å²) >= 11 is 0. The van der Waals surface area contributed by atoms with Gasteiger partial charge >= 0.3 is 0 Å². The van der Waals surface area contributed by atoms with Crippen molar-refractivity contribution in [2.75, 3.05) is 47.4 Å². The molecule has 0 spiro atoms. The van der Waals surface area contributed by atoms with Crippen molar-refractivity contribution in [3.8, 4) is 5.75 Å². The lowest BCUT2D eigenvalue weighted by Gasteiger charge is -2.28. The number of piperidine rings is 1. The zero-order valence-electron chi connectivity index (χ0n) is 19.6. The Kier molecular flexibility index (Phi) is 19.0. The van der Waals surface area contributed by atoms with Crippen LogP contribution in [0.1, 0.15) is 56.4 Å². The molecule has 0 atom stereocenters. The van der Waals surface area contributed by atoms with E-state index in [0.29, 0.717) is 18.3 Å². The molecule has 1 heterocycles. The first kappa shape index (κ1) is 29.2. The molecular weight excluding hydrogens is 394 g/mol. The number of benzene rings is 1. The molecule has 1 aromatic carbocycles. The summed E-state index contributed by atoms with van der Waals surface area (Å²) in [5.74, 6) is 1.38. The molecular formula is C24H43N3O4. The highest BCUT2D eigenvalue weighted by atomic mass is 16.5. The Labute approximate surface area is 188 Å². The van der Waals surface area contributed by atoms with Gasteiger partial charge in [-0.1, -0.05) is 24.6 Å². The second-order valence-electron chi connectivity index (χ2n) is 7.49. The maximum Gasteiger partial charge on any atom is 0.157 e. The van der Waals surface area contributed by atoms with Crippen molar-refractivity contribution in [2.24, 2.45) is 11.5 Å². The fourth-order valence-corrected chi connectivity index (χ4v) is 3.73. The zero-order valence-corrected chi connectivity index (χ0v) is 19.6. The summed E-state index contributed by atoms with van der Waals surface area (Å²) in [5.41, 5.74) is 10.4. The smallest absolute Gasteiger partial charge is 0.157 e. The van der Waals surface area contributed by atoms with Crippen molar-refractivity contribution in [3.63, 3.8) is 0 Å². The molecule has 0 aromatic heterocycles. The molecule has 2 aliphatic rings. The van der Waals surface area contributed by atoms with Gasteiger partial charge in [0.2, 0.25) is 0 Å². The lowest BCUT2D eigenvalue weighted by Crippen LogP contribution is -2.24. The Bertz CT molecular complexity index is 558. The second-order valence-corrected chi connectivity index (χ2v) is 7.49. The van der Waals surface area contributed by atoms with Crippen molar-refractivity contribution in [2.45, 2.75) is 57.0 Å². The summed E-state index contributed by atoms with van der Waals surface area (Å²) in [6, 6.07) is 8.04. The van der Waals surface area contributed by atoms with Crippen LogP contribution in [-0.4, -0.2) is 71.0 Å². The number of hydrogen-bond donors (Lipinski definition) is 2. The van der Waals surface area contributed by atoms with E-state index in [-0.39, 0.29) is 13.2 Å². The van der Waals surface area contributed by atoms with Gasteiger partial charge in [0, 0.05) is 13.7 Å². The first-order valence-electron chi connectivity index (χ1n) is 11.2. The number of nitrogens with zero attached hydrogens (tertiary/aromatic N) is 1. The van der Waals surface area contributed by atoms with Crippen LogP contribution in [0.2, 0.25) is 0 Å². The Balaban J connectivity index is 0.000000570. The second kappa shape index (κ2) is 20.1. The molecule has 1 aromatic rings. The molecule has 0 bridgehead atoms. The van der Waals surface area contributed by atoms with Crippen LogP contribution in [0.15, 0.2) is 24.3 Å². The van der Waals surface area contributed by atoms with Crippen LogP contribution < -0.4 is 16.2 Å². The van der Waals surface area contributed by atoms with E-state index in [1.807, 2.05) is 18.2 Å². The summed E-state index contributed by atoms with van der Waals surface area (Å²) in [6.07, 6.45) is 10.6. The SMILES string of the molecule is CN.CN1CCCCC1.COC1CCC(c2ccccc2OCC=O)CC1.NCC=O. The van der Waals surface area contributed by atoms with Gasteiger partial charge in [-0.05, 0) is 83.3 Å². The van der Waals surface area contributed by atoms with Crippen molar-refractivity contribution >= 4 is 12.6 Å². The van der Waals surface area contributed by atoms with Crippen molar-refractivity contribution in [1.82, 2.24) is 4.90 Å². The van der Waals surface area contributed by atoms with E-state index in [4.69, 9.17) is 14.3 Å². The highest BCUT2D eigenvalue weighted by Crippen LogP contribution is 2.38. The largest absolute Gasteiger partial charge is 0.486 e. The number of nitrogens with two attached hydrogens (primary N) is 2. The minimum atomic E-state index is 0.129. The molecule has 31 heavy (non-hydrogen) atoms. The van der Waals surface area contributed by atoms with E-state index in [1.54, 1.807) is 7.11 Å². The highest BCUT2D eigenvalue weighted by molar-refractivity contribution is 5.52. The number of carbonyl (C=O) groups excluding carboxylic acids is 2. The zero-order chi connectivity index (χ0) is 23.3. The summed E-state index contributed by atoms with van der Waals surface area (Å²) in [6.45, 7) is 2.91. The van der Waals surface area contributed by atoms with E-state index in [2.05, 4.69) is 29.5 Å². The fourth-order valence-electron chi connectivity index (χ4n) is 3.73. The lowest BCUT2D eigenvalue weighted by atomic mass is 9.82. The minimum Gasteiger partial charge on any atom is -0.486 e. The molecule has 1 aliphatic heterocycles. The average molecular weight is 438 g/mol. The monoisotopic (exact) mass is 437 g/mol. The Hall–Kier alpha value is -1.80. The lowest BCUT2D eigenvalue weighted by molar-refractivity contribution is -0.109. The summed E-state index contributed by atoms with van der Waals surface area (Å²) in [5, 5.41) is 0. The summed E-state index contributed by atoms with van der Waals surface area (Å²) in [4.78, 5) is 21.8. The number of ether oxygens (including phenoxy) is 2. The molecule has 1 saturated carbocycles. The van der Waals surface area contributed by atoms with Gasteiger partial charge in [-0.2, -0.15) is 0 Å². The third-order valence-electron chi connectivity index (χ3n) is 5.35. The topological polar surface area (TPSA) is 108 Å². The maximum absolute atomic E-state index is 10.4. The molecule has 7 nitrogen and oxygen atoms in total. The highest BCUT2D eigenvalue weighted by Gasteiger charge is 2.24. The third-order valence-corrected chi connectivity index (χ3v) is 5.35. The quantitative estimate of drug-likeness (QED) is 0.659. The maximum atomic E-state index is 10.4. The number of aldehydes is 2. The molecule has 178 valence electrons. The van der Waals surface area contributed by atoms with Gasteiger partial charge < -0.3 is 30.6 Å². The fraction of sp³-hybridized carbons (Fsp3) is 0.667. The number of para-hydroxylation sites is 1. The Morgan fingerprint density at radius 1 is 1.00 bits per heavy atom. The first-order valence-corrected chi connectivity index (χ1v) is 11.2. The number of carbonyl (C=O) groups is 2. The van der Waals surface area contributed by atoms with E-state index < -0.39 is 0 Å². The van der Waals surface area contributed by atoms with Crippen LogP contribution in [0.4, 0.5) is 0 Å². The number of likely N-dealkylation sites (tertiary alicyclic amines) is 1. The van der Waals surface area contributed by atoms with E-state index >= 15 is 0 Å². The van der Waals surface area contributed by atoms with Crippen molar-refractivity contribution < 1.29 is 19.1 Å². The molecule has 0 unspecified atom stereocenters. The van der Waals surface area contributed by atoms with Crippen molar-refractivity contribution in [1.29, 1.82) is 0 Å². The summed E-state index contributed by atoms with van der Waals surface area (Å²) < 4.78 is 10.9. The molecule has 3 rings (SSSR count). The average Bonchev–Trinajstić information content (AvgIpc) is 2.85. The molecule has 4 N–H and O–H groups in total. The third kappa shape index (κ3) is 13.3. The predicted octanol–water partition coefficient (Wildman–Crippen LogP) is 2.76. The van der Waals surface area contributed by atoms with Crippen LogP contribution in [0, 0.1) is 0 Å². The molecule has 1 aliphatic carbocycles. The molecule has 1 saturated heterocycles. The van der Waals surface area contributed by atoms with Crippen LogP contribution in [0.25, 0.3) is 0 Å². The van der Waals surface area contributed by atoms with Gasteiger partial charge in [0.15, 0.2) is 6.29 Å². The van der Waals surface area contributed by atoms with Gasteiger partial charge in [-0.3, -0.25) is 4.79 Å². The molecule has 0 radical (unpaired) electrons. The van der Waals surface area contributed by atoms with Crippen LogP contribution in [0.5, 0.6) is 5.75 Å². The van der Waals surface area contributed by atoms with Gasteiger partial charge in [0.1, 0.15) is 18.6 Å². The molecule has 2 fully saturated rings. The Morgan fingerprint density at radius 3 is 2.03 bits per heavy atom. The normalized spacial score (nSPS) is 20.4. The van der Waals surface area contributed by atoms with E-state index in [1.165, 1.54) is 45.0 Å². The number of methoxy groups -OCH3 is 1. The van der Waals surface area contributed by atoms with E-state index in [0.717, 1.165) is 37.7 Å². The van der Waals surface area contributed by atoms with Gasteiger partial charge in [0.05, 0.1) is 6.10 Å². The number of hydrogen-bond acceptors (Lipinski definition) is 7. The standard InChI is InChI=1S/C15H20O3.C6H13N.C2H5NO.CH5N/c1-17-13-8-6-12(7-9-13)14-4-2-3-5-15(14)18-11-10-16;1-7-5-3-2-4-6-7;3-1-2-4;1-2/h2-5,10,12-13H,6-9,11H2,1H3;2-6H2,1H3;2H,1,3H2;2H2,1H3. The minimum absolute atomic E-state index is 0.129. The summed E-state index contributed by atoms with van der Waals surface area (Å²) in [7, 11) is 5.48. The molecule has 0 amide bonds.